The first-order valence-corrected chi connectivity index (χ1v) is 6.28. The lowest BCUT2D eigenvalue weighted by Crippen LogP contribution is -1.96. The molecule has 4 nitrogen and oxygen atoms in total. The molecule has 0 spiro atoms. The minimum absolute atomic E-state index is 0.182. The number of aliphatic hydroxyl groups excluding tert-OH is 1. The maximum Gasteiger partial charge on any atom is 0.0832 e. The Morgan fingerprint density at radius 1 is 1.41 bits per heavy atom. The summed E-state index contributed by atoms with van der Waals surface area (Å²) in [7, 11) is 0. The van der Waals surface area contributed by atoms with Crippen LogP contribution in [0.4, 0.5) is 0 Å². The summed E-state index contributed by atoms with van der Waals surface area (Å²) in [6.45, 7) is 2.23. The highest BCUT2D eigenvalue weighted by Gasteiger charge is 2.06. The molecule has 0 radical (unpaired) electrons. The maximum absolute atomic E-state index is 8.76. The van der Waals surface area contributed by atoms with Crippen molar-refractivity contribution in [2.45, 2.75) is 19.8 Å². The van der Waals surface area contributed by atoms with Crippen LogP contribution in [0.15, 0.2) is 28.9 Å². The summed E-state index contributed by atoms with van der Waals surface area (Å²) in [5.74, 6) is 0. The van der Waals surface area contributed by atoms with E-state index < -0.39 is 0 Å². The molecule has 0 unspecified atom stereocenters. The fourth-order valence-electron chi connectivity index (χ4n) is 1.59. The molecule has 0 aliphatic heterocycles. The maximum atomic E-state index is 8.76. The Morgan fingerprint density at radius 3 is 2.94 bits per heavy atom. The van der Waals surface area contributed by atoms with Crippen molar-refractivity contribution in [2.24, 2.45) is 0 Å². The van der Waals surface area contributed by atoms with Gasteiger partial charge in [-0.15, -0.1) is 5.10 Å². The zero-order chi connectivity index (χ0) is 12.3. The van der Waals surface area contributed by atoms with Crippen molar-refractivity contribution in [1.29, 1.82) is 0 Å². The number of halogens is 1. The van der Waals surface area contributed by atoms with Crippen LogP contribution >= 0.6 is 15.9 Å². The lowest BCUT2D eigenvalue weighted by Gasteiger charge is -2.03. The van der Waals surface area contributed by atoms with E-state index in [4.69, 9.17) is 5.11 Å². The largest absolute Gasteiger partial charge is 0.396 e. The average molecular weight is 296 g/mol. The molecule has 17 heavy (non-hydrogen) atoms. The molecule has 1 aromatic heterocycles. The summed E-state index contributed by atoms with van der Waals surface area (Å²) in [6.07, 6.45) is 3.36. The van der Waals surface area contributed by atoms with Gasteiger partial charge >= 0.3 is 0 Å². The summed E-state index contributed by atoms with van der Waals surface area (Å²) >= 11 is 3.52. The third kappa shape index (κ3) is 2.92. The van der Waals surface area contributed by atoms with Crippen LogP contribution in [0.3, 0.4) is 0 Å². The fourth-order valence-corrected chi connectivity index (χ4v) is 2.26. The van der Waals surface area contributed by atoms with Crippen molar-refractivity contribution in [3.8, 4) is 5.69 Å². The lowest BCUT2D eigenvalue weighted by atomic mass is 10.2. The molecular formula is C12H14BrN3O. The summed E-state index contributed by atoms with van der Waals surface area (Å²) in [5.41, 5.74) is 3.06. The monoisotopic (exact) mass is 295 g/mol. The minimum atomic E-state index is 0.182. The number of aliphatic hydroxyl groups is 1. The van der Waals surface area contributed by atoms with Crippen LogP contribution in [-0.2, 0) is 6.42 Å². The molecular weight excluding hydrogens is 282 g/mol. The third-order valence-electron chi connectivity index (χ3n) is 2.48. The van der Waals surface area contributed by atoms with Gasteiger partial charge in [-0.05, 0) is 53.4 Å². The molecule has 2 aromatic rings. The number of aromatic nitrogens is 3. The van der Waals surface area contributed by atoms with Crippen LogP contribution < -0.4 is 0 Å². The van der Waals surface area contributed by atoms with Crippen LogP contribution in [0.5, 0.6) is 0 Å². The second kappa shape index (κ2) is 5.42. The van der Waals surface area contributed by atoms with Gasteiger partial charge < -0.3 is 5.11 Å². The van der Waals surface area contributed by atoms with Crippen LogP contribution in [0.2, 0.25) is 0 Å². The van der Waals surface area contributed by atoms with Crippen molar-refractivity contribution >= 4 is 15.9 Å². The number of hydrogen-bond donors (Lipinski definition) is 1. The SMILES string of the molecule is Cc1ccc(-n2cc(CCCO)nn2)c(Br)c1. The van der Waals surface area contributed by atoms with Gasteiger partial charge in [0.15, 0.2) is 0 Å². The van der Waals surface area contributed by atoms with E-state index in [0.717, 1.165) is 22.3 Å². The Kier molecular flexibility index (Phi) is 3.91. The second-order valence-electron chi connectivity index (χ2n) is 3.94. The van der Waals surface area contributed by atoms with Gasteiger partial charge in [0.2, 0.25) is 0 Å². The molecule has 5 heteroatoms. The average Bonchev–Trinajstić information content (AvgIpc) is 2.75. The van der Waals surface area contributed by atoms with Gasteiger partial charge in [0.25, 0.3) is 0 Å². The van der Waals surface area contributed by atoms with Gasteiger partial charge in [-0.3, -0.25) is 0 Å². The summed E-state index contributed by atoms with van der Waals surface area (Å²) < 4.78 is 2.74. The van der Waals surface area contributed by atoms with Crippen LogP contribution in [0, 0.1) is 6.92 Å². The Bertz CT molecular complexity index is 510. The Hall–Kier alpha value is -1.20. The van der Waals surface area contributed by atoms with Gasteiger partial charge in [-0.2, -0.15) is 0 Å². The van der Waals surface area contributed by atoms with Gasteiger partial charge in [-0.1, -0.05) is 11.3 Å². The number of benzene rings is 1. The van der Waals surface area contributed by atoms with E-state index in [0.29, 0.717) is 6.42 Å². The zero-order valence-electron chi connectivity index (χ0n) is 9.60. The smallest absolute Gasteiger partial charge is 0.0832 e. The van der Waals surface area contributed by atoms with Crippen LogP contribution in [0.25, 0.3) is 5.69 Å². The predicted molar refractivity (Wildman–Crippen MR) is 69.2 cm³/mol. The first kappa shape index (κ1) is 12.3. The molecule has 0 bridgehead atoms. The van der Waals surface area contributed by atoms with Gasteiger partial charge in [-0.25, -0.2) is 4.68 Å². The lowest BCUT2D eigenvalue weighted by molar-refractivity contribution is 0.288. The fraction of sp³-hybridized carbons (Fsp3) is 0.333. The summed E-state index contributed by atoms with van der Waals surface area (Å²) in [5, 5.41) is 16.9. The molecule has 0 aliphatic carbocycles. The number of rotatable bonds is 4. The first-order valence-electron chi connectivity index (χ1n) is 5.49. The molecule has 0 atom stereocenters. The van der Waals surface area contributed by atoms with E-state index in [1.165, 1.54) is 5.56 Å². The highest BCUT2D eigenvalue weighted by Crippen LogP contribution is 2.21. The molecule has 0 aliphatic rings. The number of aryl methyl sites for hydroxylation is 2. The summed E-state index contributed by atoms with van der Waals surface area (Å²) in [6, 6.07) is 6.09. The Labute approximate surface area is 108 Å². The predicted octanol–water partition coefficient (Wildman–Crippen LogP) is 2.26. The van der Waals surface area contributed by atoms with E-state index in [9.17, 15) is 0 Å². The molecule has 0 amide bonds. The van der Waals surface area contributed by atoms with Gasteiger partial charge in [0.05, 0.1) is 17.6 Å². The minimum Gasteiger partial charge on any atom is -0.396 e. The van der Waals surface area contributed by atoms with E-state index in [1.54, 1.807) is 4.68 Å². The highest BCUT2D eigenvalue weighted by atomic mass is 79.9. The third-order valence-corrected chi connectivity index (χ3v) is 3.12. The Morgan fingerprint density at radius 2 is 2.24 bits per heavy atom. The van der Waals surface area contributed by atoms with Gasteiger partial charge in [0.1, 0.15) is 0 Å². The topological polar surface area (TPSA) is 50.9 Å². The molecule has 1 aromatic carbocycles. The molecule has 90 valence electrons. The van der Waals surface area contributed by atoms with Gasteiger partial charge in [0, 0.05) is 11.1 Å². The normalized spacial score (nSPS) is 10.8. The van der Waals surface area contributed by atoms with E-state index in [2.05, 4.69) is 26.2 Å². The Balaban J connectivity index is 2.24. The van der Waals surface area contributed by atoms with E-state index >= 15 is 0 Å². The van der Waals surface area contributed by atoms with E-state index in [-0.39, 0.29) is 6.61 Å². The first-order chi connectivity index (χ1) is 8.20. The molecule has 1 heterocycles. The molecule has 1 N–H and O–H groups in total. The molecule has 0 saturated heterocycles. The van der Waals surface area contributed by atoms with Crippen LogP contribution in [0.1, 0.15) is 17.7 Å². The highest BCUT2D eigenvalue weighted by molar-refractivity contribution is 9.10. The number of nitrogens with zero attached hydrogens (tertiary/aromatic N) is 3. The number of hydrogen-bond acceptors (Lipinski definition) is 3. The van der Waals surface area contributed by atoms with Crippen molar-refractivity contribution in [2.75, 3.05) is 6.61 Å². The van der Waals surface area contributed by atoms with E-state index in [1.807, 2.05) is 31.3 Å². The van der Waals surface area contributed by atoms with Crippen molar-refractivity contribution < 1.29 is 5.11 Å². The second-order valence-corrected chi connectivity index (χ2v) is 4.79. The summed E-state index contributed by atoms with van der Waals surface area (Å²) in [4.78, 5) is 0. The molecule has 0 saturated carbocycles. The zero-order valence-corrected chi connectivity index (χ0v) is 11.2. The van der Waals surface area contributed by atoms with Crippen molar-refractivity contribution in [3.05, 3.63) is 40.1 Å². The quantitative estimate of drug-likeness (QED) is 0.941. The standard InChI is InChI=1S/C12H14BrN3O/c1-9-4-5-12(11(13)7-9)16-8-10(14-15-16)3-2-6-17/h4-5,7-8,17H,2-3,6H2,1H3. The molecule has 0 fully saturated rings. The van der Waals surface area contributed by atoms with Crippen molar-refractivity contribution in [3.63, 3.8) is 0 Å². The molecule has 2 rings (SSSR count). The van der Waals surface area contributed by atoms with Crippen molar-refractivity contribution in [1.82, 2.24) is 15.0 Å². The van der Waals surface area contributed by atoms with Crippen LogP contribution in [-0.4, -0.2) is 26.7 Å².